The summed E-state index contributed by atoms with van der Waals surface area (Å²) in [6, 6.07) is 11.0. The molecule has 11 heteroatoms. The number of carbonyl (C=O) groups excluding carboxylic acids is 1. The van der Waals surface area contributed by atoms with Gasteiger partial charge < -0.3 is 9.64 Å². The van der Waals surface area contributed by atoms with Crippen molar-refractivity contribution in [1.29, 1.82) is 0 Å². The van der Waals surface area contributed by atoms with E-state index in [9.17, 15) is 26.0 Å². The van der Waals surface area contributed by atoms with Crippen LogP contribution in [0.3, 0.4) is 0 Å². The van der Waals surface area contributed by atoms with Crippen molar-refractivity contribution in [2.75, 3.05) is 26.7 Å². The largest absolute Gasteiger partial charge is 0.497 e. The standard InChI is InChI=1S/C20H23FN2O6S2/c1-29-15-6-8-16(9-7-15)30(25,26)17-10-12-23(13-11-17)20(24)14-22-31(27,28)19-5-3-2-4-18(19)21/h2-9,17,22H,10-14H2,1H3. The molecule has 1 aliphatic heterocycles. The van der Waals surface area contributed by atoms with Crippen LogP contribution >= 0.6 is 0 Å². The SMILES string of the molecule is COc1ccc(S(=O)(=O)C2CCN(C(=O)CNS(=O)(=O)c3ccccc3F)CC2)cc1. The minimum atomic E-state index is -4.18. The van der Waals surface area contributed by atoms with Gasteiger partial charge in [0.05, 0.1) is 23.8 Å². The Labute approximate surface area is 181 Å². The predicted octanol–water partition coefficient (Wildman–Crippen LogP) is 1.58. The van der Waals surface area contributed by atoms with Crippen molar-refractivity contribution < 1.29 is 30.8 Å². The molecule has 1 saturated heterocycles. The van der Waals surface area contributed by atoms with Crippen molar-refractivity contribution in [3.63, 3.8) is 0 Å². The van der Waals surface area contributed by atoms with Gasteiger partial charge in [-0.05, 0) is 49.2 Å². The van der Waals surface area contributed by atoms with Gasteiger partial charge in [0.15, 0.2) is 9.84 Å². The summed E-state index contributed by atoms with van der Waals surface area (Å²) in [4.78, 5) is 13.5. The van der Waals surface area contributed by atoms with Crippen LogP contribution in [0.2, 0.25) is 0 Å². The Morgan fingerprint density at radius 3 is 2.26 bits per heavy atom. The quantitative estimate of drug-likeness (QED) is 0.658. The summed E-state index contributed by atoms with van der Waals surface area (Å²) in [6.45, 7) is -0.173. The fourth-order valence-corrected chi connectivity index (χ4v) is 6.17. The maximum absolute atomic E-state index is 13.7. The van der Waals surface area contributed by atoms with E-state index >= 15 is 0 Å². The maximum Gasteiger partial charge on any atom is 0.243 e. The Bertz CT molecular complexity index is 1140. The molecule has 0 aromatic heterocycles. The number of carbonyl (C=O) groups is 1. The van der Waals surface area contributed by atoms with E-state index in [1.165, 1.54) is 36.3 Å². The Morgan fingerprint density at radius 2 is 1.68 bits per heavy atom. The highest BCUT2D eigenvalue weighted by Gasteiger charge is 2.33. The number of nitrogens with zero attached hydrogens (tertiary/aromatic N) is 1. The lowest BCUT2D eigenvalue weighted by Gasteiger charge is -2.31. The summed E-state index contributed by atoms with van der Waals surface area (Å²) in [5.74, 6) is -0.857. The summed E-state index contributed by atoms with van der Waals surface area (Å²) in [5.41, 5.74) is 0. The average Bonchev–Trinajstić information content (AvgIpc) is 2.78. The first-order valence-corrected chi connectivity index (χ1v) is 12.6. The molecule has 3 rings (SSSR count). The molecule has 1 aliphatic rings. The number of sulfone groups is 1. The van der Waals surface area contributed by atoms with E-state index in [2.05, 4.69) is 4.72 Å². The Morgan fingerprint density at radius 1 is 1.06 bits per heavy atom. The highest BCUT2D eigenvalue weighted by Crippen LogP contribution is 2.26. The number of nitrogens with one attached hydrogen (secondary N) is 1. The number of methoxy groups -OCH3 is 1. The second-order valence-electron chi connectivity index (χ2n) is 7.06. The summed E-state index contributed by atoms with van der Waals surface area (Å²) in [5, 5.41) is -0.639. The predicted molar refractivity (Wildman–Crippen MR) is 111 cm³/mol. The number of halogens is 1. The third kappa shape index (κ3) is 5.23. The molecule has 0 radical (unpaired) electrons. The molecule has 0 spiro atoms. The molecule has 31 heavy (non-hydrogen) atoms. The van der Waals surface area contributed by atoms with Gasteiger partial charge in [-0.1, -0.05) is 12.1 Å². The number of ether oxygens (including phenoxy) is 1. The van der Waals surface area contributed by atoms with E-state index in [0.717, 1.165) is 12.1 Å². The van der Waals surface area contributed by atoms with Gasteiger partial charge >= 0.3 is 0 Å². The van der Waals surface area contributed by atoms with Crippen LogP contribution < -0.4 is 9.46 Å². The van der Waals surface area contributed by atoms with E-state index in [-0.39, 0.29) is 30.8 Å². The fourth-order valence-electron chi connectivity index (χ4n) is 3.38. The number of hydrogen-bond acceptors (Lipinski definition) is 6. The van der Waals surface area contributed by atoms with Crippen molar-refractivity contribution in [3.05, 3.63) is 54.3 Å². The molecule has 1 heterocycles. The van der Waals surface area contributed by atoms with E-state index in [0.29, 0.717) is 5.75 Å². The molecule has 1 amide bonds. The number of rotatable bonds is 7. The van der Waals surface area contributed by atoms with Gasteiger partial charge in [-0.3, -0.25) is 4.79 Å². The number of likely N-dealkylation sites (tertiary alicyclic amines) is 1. The maximum atomic E-state index is 13.7. The van der Waals surface area contributed by atoms with E-state index < -0.39 is 48.3 Å². The molecule has 1 fully saturated rings. The van der Waals surface area contributed by atoms with Gasteiger partial charge in [-0.15, -0.1) is 0 Å². The topological polar surface area (TPSA) is 110 Å². The van der Waals surface area contributed by atoms with Crippen LogP contribution in [-0.4, -0.2) is 59.6 Å². The minimum absolute atomic E-state index is 0.181. The van der Waals surface area contributed by atoms with E-state index in [4.69, 9.17) is 4.74 Å². The zero-order valence-corrected chi connectivity index (χ0v) is 18.5. The monoisotopic (exact) mass is 470 g/mol. The Balaban J connectivity index is 1.57. The van der Waals surface area contributed by atoms with E-state index in [1.54, 1.807) is 12.1 Å². The molecule has 0 bridgehead atoms. The summed E-state index contributed by atoms with van der Waals surface area (Å²) >= 11 is 0. The van der Waals surface area contributed by atoms with Crippen molar-refractivity contribution in [1.82, 2.24) is 9.62 Å². The first kappa shape index (κ1) is 23.2. The minimum Gasteiger partial charge on any atom is -0.497 e. The Hall–Kier alpha value is -2.50. The number of piperidine rings is 1. The third-order valence-electron chi connectivity index (χ3n) is 5.16. The van der Waals surface area contributed by atoms with E-state index in [1.807, 2.05) is 0 Å². The smallest absolute Gasteiger partial charge is 0.243 e. The lowest BCUT2D eigenvalue weighted by molar-refractivity contribution is -0.130. The lowest BCUT2D eigenvalue weighted by atomic mass is 10.1. The highest BCUT2D eigenvalue weighted by atomic mass is 32.2. The van der Waals surface area contributed by atoms with Crippen LogP contribution in [0.1, 0.15) is 12.8 Å². The second kappa shape index (κ2) is 9.33. The zero-order valence-electron chi connectivity index (χ0n) is 16.8. The zero-order chi connectivity index (χ0) is 22.6. The van der Waals surface area contributed by atoms with Crippen molar-refractivity contribution >= 4 is 25.8 Å². The summed E-state index contributed by atoms with van der Waals surface area (Å²) in [7, 11) is -6.25. The van der Waals surface area contributed by atoms with Gasteiger partial charge in [0.2, 0.25) is 15.9 Å². The second-order valence-corrected chi connectivity index (χ2v) is 11.0. The molecule has 2 aromatic rings. The molecular weight excluding hydrogens is 447 g/mol. The van der Waals surface area contributed by atoms with Crippen LogP contribution in [0.15, 0.2) is 58.3 Å². The fraction of sp³-hybridized carbons (Fsp3) is 0.350. The van der Waals surface area contributed by atoms with Crippen LogP contribution in [0.25, 0.3) is 0 Å². The molecule has 0 atom stereocenters. The van der Waals surface area contributed by atoms with Crippen LogP contribution in [0.5, 0.6) is 5.75 Å². The molecule has 8 nitrogen and oxygen atoms in total. The van der Waals surface area contributed by atoms with Crippen molar-refractivity contribution in [2.45, 2.75) is 27.9 Å². The van der Waals surface area contributed by atoms with Crippen LogP contribution in [0.4, 0.5) is 4.39 Å². The van der Waals surface area contributed by atoms with Gasteiger partial charge in [0.1, 0.15) is 16.5 Å². The molecule has 1 N–H and O–H groups in total. The molecule has 2 aromatic carbocycles. The highest BCUT2D eigenvalue weighted by molar-refractivity contribution is 7.92. The number of amides is 1. The molecule has 0 saturated carbocycles. The normalized spacial score (nSPS) is 15.6. The van der Waals surface area contributed by atoms with Crippen LogP contribution in [-0.2, 0) is 24.7 Å². The summed E-state index contributed by atoms with van der Waals surface area (Å²) < 4.78 is 71.0. The van der Waals surface area contributed by atoms with Crippen LogP contribution in [0, 0.1) is 5.82 Å². The summed E-state index contributed by atoms with van der Waals surface area (Å²) in [6.07, 6.45) is 0.473. The lowest BCUT2D eigenvalue weighted by Crippen LogP contribution is -2.46. The number of benzene rings is 2. The van der Waals surface area contributed by atoms with Crippen molar-refractivity contribution in [3.8, 4) is 5.75 Å². The molecular formula is C20H23FN2O6S2. The Kier molecular flexibility index (Phi) is 6.97. The first-order chi connectivity index (χ1) is 14.6. The molecule has 0 aliphatic carbocycles. The third-order valence-corrected chi connectivity index (χ3v) is 8.87. The van der Waals surface area contributed by atoms with Gasteiger partial charge in [0, 0.05) is 13.1 Å². The average molecular weight is 471 g/mol. The van der Waals surface area contributed by atoms with Gasteiger partial charge in [-0.25, -0.2) is 25.9 Å². The van der Waals surface area contributed by atoms with Gasteiger partial charge in [0.25, 0.3) is 0 Å². The first-order valence-electron chi connectivity index (χ1n) is 9.55. The van der Waals surface area contributed by atoms with Crippen molar-refractivity contribution in [2.24, 2.45) is 0 Å². The number of hydrogen-bond donors (Lipinski definition) is 1. The molecule has 0 unspecified atom stereocenters. The van der Waals surface area contributed by atoms with Gasteiger partial charge in [-0.2, -0.15) is 0 Å². The number of sulfonamides is 1. The molecule has 168 valence electrons.